The highest BCUT2D eigenvalue weighted by Crippen LogP contribution is 2.20. The van der Waals surface area contributed by atoms with Gasteiger partial charge in [-0.05, 0) is 31.6 Å². The molecule has 0 fully saturated rings. The molecular formula is C9H15NO2. The van der Waals surface area contributed by atoms with Gasteiger partial charge in [0.15, 0.2) is 0 Å². The van der Waals surface area contributed by atoms with Crippen LogP contribution in [0, 0.1) is 5.92 Å². The van der Waals surface area contributed by atoms with Crippen molar-refractivity contribution in [2.45, 2.75) is 31.7 Å². The average Bonchev–Trinajstić information content (AvgIpc) is 2.06. The molecule has 3 heteroatoms. The minimum Gasteiger partial charge on any atom is -0.480 e. The summed E-state index contributed by atoms with van der Waals surface area (Å²) in [6.45, 7) is 0. The molecule has 1 aliphatic carbocycles. The van der Waals surface area contributed by atoms with Gasteiger partial charge in [-0.1, -0.05) is 12.2 Å². The molecule has 0 aliphatic heterocycles. The van der Waals surface area contributed by atoms with Gasteiger partial charge in [0.05, 0.1) is 0 Å². The second-order valence-electron chi connectivity index (χ2n) is 3.30. The highest BCUT2D eigenvalue weighted by molar-refractivity contribution is 5.73. The molecule has 3 N–H and O–H groups in total. The Morgan fingerprint density at radius 2 is 2.50 bits per heavy atom. The summed E-state index contributed by atoms with van der Waals surface area (Å²) >= 11 is 0. The van der Waals surface area contributed by atoms with Gasteiger partial charge in [-0.25, -0.2) is 0 Å². The topological polar surface area (TPSA) is 63.3 Å². The monoisotopic (exact) mass is 169 g/mol. The van der Waals surface area contributed by atoms with E-state index in [4.69, 9.17) is 10.8 Å². The van der Waals surface area contributed by atoms with Crippen molar-refractivity contribution in [3.8, 4) is 0 Å². The average molecular weight is 169 g/mol. The molecule has 12 heavy (non-hydrogen) atoms. The van der Waals surface area contributed by atoms with Gasteiger partial charge in [0, 0.05) is 0 Å². The Bertz CT molecular complexity index is 189. The van der Waals surface area contributed by atoms with Crippen molar-refractivity contribution in [3.05, 3.63) is 12.2 Å². The molecule has 0 saturated heterocycles. The molecule has 3 nitrogen and oxygen atoms in total. The number of hydrogen-bond donors (Lipinski definition) is 2. The van der Waals surface area contributed by atoms with E-state index in [2.05, 4.69) is 12.2 Å². The second kappa shape index (κ2) is 4.26. The maximum Gasteiger partial charge on any atom is 0.320 e. The van der Waals surface area contributed by atoms with Crippen molar-refractivity contribution in [1.29, 1.82) is 0 Å². The third-order valence-corrected chi connectivity index (χ3v) is 2.23. The van der Waals surface area contributed by atoms with Gasteiger partial charge < -0.3 is 10.8 Å². The zero-order valence-corrected chi connectivity index (χ0v) is 7.07. The number of nitrogens with two attached hydrogens (primary N) is 1. The van der Waals surface area contributed by atoms with E-state index in [1.807, 2.05) is 0 Å². The number of carbonyl (C=O) groups is 1. The molecule has 0 saturated carbocycles. The maximum absolute atomic E-state index is 10.4. The summed E-state index contributed by atoms with van der Waals surface area (Å²) in [5.74, 6) is -0.515. The van der Waals surface area contributed by atoms with Gasteiger partial charge >= 0.3 is 5.97 Å². The van der Waals surface area contributed by atoms with Crippen molar-refractivity contribution < 1.29 is 9.90 Å². The van der Waals surface area contributed by atoms with E-state index in [-0.39, 0.29) is 0 Å². The lowest BCUT2D eigenvalue weighted by molar-refractivity contribution is -0.138. The Balaban J connectivity index is 2.34. The van der Waals surface area contributed by atoms with Crippen LogP contribution in [0.4, 0.5) is 0 Å². The minimum atomic E-state index is -0.894. The summed E-state index contributed by atoms with van der Waals surface area (Å²) in [6, 6.07) is -0.697. The number of rotatable bonds is 3. The summed E-state index contributed by atoms with van der Waals surface area (Å²) < 4.78 is 0. The van der Waals surface area contributed by atoms with E-state index < -0.39 is 12.0 Å². The Kier molecular flexibility index (Phi) is 3.29. The lowest BCUT2D eigenvalue weighted by Gasteiger charge is -2.17. The van der Waals surface area contributed by atoms with Crippen LogP contribution in [0.25, 0.3) is 0 Å². The van der Waals surface area contributed by atoms with Crippen LogP contribution in [0.3, 0.4) is 0 Å². The van der Waals surface area contributed by atoms with Crippen molar-refractivity contribution >= 4 is 5.97 Å². The van der Waals surface area contributed by atoms with Crippen molar-refractivity contribution in [2.75, 3.05) is 0 Å². The van der Waals surface area contributed by atoms with E-state index in [0.29, 0.717) is 12.3 Å². The summed E-state index contributed by atoms with van der Waals surface area (Å²) in [5.41, 5.74) is 5.41. The first-order chi connectivity index (χ1) is 5.70. The SMILES string of the molecule is N[C@H](C[C@@H]1C=CCCC1)C(=O)O. The largest absolute Gasteiger partial charge is 0.480 e. The van der Waals surface area contributed by atoms with Crippen LogP contribution in [-0.4, -0.2) is 17.1 Å². The van der Waals surface area contributed by atoms with Gasteiger partial charge in [0.1, 0.15) is 6.04 Å². The Labute approximate surface area is 72.3 Å². The first-order valence-electron chi connectivity index (χ1n) is 4.35. The lowest BCUT2D eigenvalue weighted by atomic mass is 9.90. The van der Waals surface area contributed by atoms with Crippen molar-refractivity contribution in [3.63, 3.8) is 0 Å². The van der Waals surface area contributed by atoms with Crippen LogP contribution in [0.5, 0.6) is 0 Å². The zero-order chi connectivity index (χ0) is 8.97. The second-order valence-corrected chi connectivity index (χ2v) is 3.30. The van der Waals surface area contributed by atoms with Gasteiger partial charge in [-0.3, -0.25) is 4.79 Å². The molecule has 0 aromatic heterocycles. The standard InChI is InChI=1S/C9H15NO2/c10-8(9(11)12)6-7-4-2-1-3-5-7/h2,4,7-8H,1,3,5-6,10H2,(H,11,12)/t7-,8-/m1/s1. The third-order valence-electron chi connectivity index (χ3n) is 2.23. The minimum absolute atomic E-state index is 0.379. The fourth-order valence-corrected chi connectivity index (χ4v) is 1.51. The van der Waals surface area contributed by atoms with Crippen LogP contribution < -0.4 is 5.73 Å². The molecular weight excluding hydrogens is 154 g/mol. The van der Waals surface area contributed by atoms with Crippen LogP contribution in [-0.2, 0) is 4.79 Å². The van der Waals surface area contributed by atoms with Crippen LogP contribution in [0.15, 0.2) is 12.2 Å². The van der Waals surface area contributed by atoms with Crippen LogP contribution >= 0.6 is 0 Å². The Hall–Kier alpha value is -0.830. The predicted octanol–water partition coefficient (Wildman–Crippen LogP) is 1.14. The van der Waals surface area contributed by atoms with E-state index in [9.17, 15) is 4.79 Å². The lowest BCUT2D eigenvalue weighted by Crippen LogP contribution is -2.32. The molecule has 68 valence electrons. The molecule has 1 rings (SSSR count). The summed E-state index contributed by atoms with van der Waals surface area (Å²) in [7, 11) is 0. The van der Waals surface area contributed by atoms with Gasteiger partial charge in [-0.15, -0.1) is 0 Å². The molecule has 0 unspecified atom stereocenters. The quantitative estimate of drug-likeness (QED) is 0.623. The fourth-order valence-electron chi connectivity index (χ4n) is 1.51. The van der Waals surface area contributed by atoms with E-state index in [1.165, 1.54) is 0 Å². The fraction of sp³-hybridized carbons (Fsp3) is 0.667. The summed E-state index contributed by atoms with van der Waals surface area (Å²) in [4.78, 5) is 10.4. The van der Waals surface area contributed by atoms with Crippen LogP contribution in [0.2, 0.25) is 0 Å². The van der Waals surface area contributed by atoms with Gasteiger partial charge in [0.25, 0.3) is 0 Å². The molecule has 2 atom stereocenters. The molecule has 1 aliphatic rings. The molecule has 0 radical (unpaired) electrons. The third kappa shape index (κ3) is 2.66. The van der Waals surface area contributed by atoms with Crippen LogP contribution in [0.1, 0.15) is 25.7 Å². The number of allylic oxidation sites excluding steroid dienone is 2. The number of aliphatic carboxylic acids is 1. The molecule has 0 bridgehead atoms. The summed E-state index contributed by atoms with van der Waals surface area (Å²) in [6.07, 6.45) is 8.14. The Morgan fingerprint density at radius 3 is 3.00 bits per heavy atom. The number of carboxylic acid groups (broad SMARTS) is 1. The van der Waals surface area contributed by atoms with E-state index in [0.717, 1.165) is 19.3 Å². The highest BCUT2D eigenvalue weighted by atomic mass is 16.4. The molecule has 0 amide bonds. The van der Waals surface area contributed by atoms with Gasteiger partial charge in [0.2, 0.25) is 0 Å². The van der Waals surface area contributed by atoms with Crippen molar-refractivity contribution in [1.82, 2.24) is 0 Å². The normalized spacial score (nSPS) is 25.2. The first kappa shape index (κ1) is 9.26. The number of hydrogen-bond acceptors (Lipinski definition) is 2. The predicted molar refractivity (Wildman–Crippen MR) is 46.7 cm³/mol. The molecule has 0 spiro atoms. The smallest absolute Gasteiger partial charge is 0.320 e. The van der Waals surface area contributed by atoms with Gasteiger partial charge in [-0.2, -0.15) is 0 Å². The first-order valence-corrected chi connectivity index (χ1v) is 4.35. The van der Waals surface area contributed by atoms with E-state index >= 15 is 0 Å². The molecule has 0 aromatic carbocycles. The number of carboxylic acids is 1. The highest BCUT2D eigenvalue weighted by Gasteiger charge is 2.17. The molecule has 0 aromatic rings. The maximum atomic E-state index is 10.4. The zero-order valence-electron chi connectivity index (χ0n) is 7.07. The van der Waals surface area contributed by atoms with Crippen molar-refractivity contribution in [2.24, 2.45) is 11.7 Å². The van der Waals surface area contributed by atoms with E-state index in [1.54, 1.807) is 0 Å². The molecule has 0 heterocycles. The summed E-state index contributed by atoms with van der Waals surface area (Å²) in [5, 5.41) is 8.56. The Morgan fingerprint density at radius 1 is 1.75 bits per heavy atom.